The lowest BCUT2D eigenvalue weighted by molar-refractivity contribution is 0.115. The van der Waals surface area contributed by atoms with Gasteiger partial charge in [-0.1, -0.05) is 13.8 Å². The molecule has 2 heteroatoms. The van der Waals surface area contributed by atoms with Gasteiger partial charge in [0.1, 0.15) is 0 Å². The van der Waals surface area contributed by atoms with E-state index in [4.69, 9.17) is 0 Å². The second kappa shape index (κ2) is 4.63. The quantitative estimate of drug-likeness (QED) is 0.683. The molecule has 14 heavy (non-hydrogen) atoms. The van der Waals surface area contributed by atoms with Gasteiger partial charge in [0.2, 0.25) is 0 Å². The van der Waals surface area contributed by atoms with Gasteiger partial charge in [-0.15, -0.1) is 0 Å². The molecular formula is C12H26N2. The molecule has 84 valence electrons. The Bertz CT molecular complexity index is 173. The zero-order valence-electron chi connectivity index (χ0n) is 10.5. The molecular weight excluding hydrogens is 172 g/mol. The summed E-state index contributed by atoms with van der Waals surface area (Å²) in [5.41, 5.74) is 0.435. The second-order valence-electron chi connectivity index (χ2n) is 5.06. The van der Waals surface area contributed by atoms with Crippen LogP contribution < -0.4 is 0 Å². The van der Waals surface area contributed by atoms with Crippen molar-refractivity contribution in [3.63, 3.8) is 0 Å². The van der Waals surface area contributed by atoms with Crippen LogP contribution in [0.2, 0.25) is 0 Å². The van der Waals surface area contributed by atoms with E-state index in [1.54, 1.807) is 0 Å². The fraction of sp³-hybridized carbons (Fsp3) is 1.00. The summed E-state index contributed by atoms with van der Waals surface area (Å²) in [4.78, 5) is 5.05. The summed E-state index contributed by atoms with van der Waals surface area (Å²) in [6, 6.07) is 0.771. The zero-order chi connectivity index (χ0) is 10.8. The number of hydrogen-bond donors (Lipinski definition) is 0. The smallest absolute Gasteiger partial charge is 0.0229 e. The van der Waals surface area contributed by atoms with Crippen molar-refractivity contribution in [2.75, 3.05) is 27.2 Å². The lowest BCUT2D eigenvalue weighted by Gasteiger charge is -2.38. The van der Waals surface area contributed by atoms with E-state index in [2.05, 4.69) is 44.7 Å². The third-order valence-electron chi connectivity index (χ3n) is 4.18. The first-order valence-corrected chi connectivity index (χ1v) is 5.95. The van der Waals surface area contributed by atoms with E-state index < -0.39 is 0 Å². The van der Waals surface area contributed by atoms with E-state index in [1.807, 2.05) is 0 Å². The lowest BCUT2D eigenvalue weighted by atomic mass is 9.93. The van der Waals surface area contributed by atoms with Crippen molar-refractivity contribution in [3.05, 3.63) is 0 Å². The molecule has 2 nitrogen and oxygen atoms in total. The van der Waals surface area contributed by atoms with E-state index in [0.29, 0.717) is 5.54 Å². The highest BCUT2D eigenvalue weighted by molar-refractivity contribution is 4.91. The van der Waals surface area contributed by atoms with Crippen molar-refractivity contribution in [2.45, 2.75) is 51.6 Å². The average molecular weight is 198 g/mol. The first-order valence-electron chi connectivity index (χ1n) is 5.95. The molecule has 0 bridgehead atoms. The summed E-state index contributed by atoms with van der Waals surface area (Å²) in [5, 5.41) is 0. The van der Waals surface area contributed by atoms with Crippen LogP contribution in [-0.2, 0) is 0 Å². The molecule has 1 atom stereocenters. The maximum Gasteiger partial charge on any atom is 0.0229 e. The molecule has 1 aliphatic rings. The van der Waals surface area contributed by atoms with E-state index in [0.717, 1.165) is 6.04 Å². The molecule has 0 saturated carbocycles. The lowest BCUT2D eigenvalue weighted by Crippen LogP contribution is -2.45. The normalized spacial score (nSPS) is 24.9. The minimum absolute atomic E-state index is 0.435. The van der Waals surface area contributed by atoms with Crippen molar-refractivity contribution in [1.29, 1.82) is 0 Å². The fourth-order valence-corrected chi connectivity index (χ4v) is 2.35. The van der Waals surface area contributed by atoms with E-state index in [1.165, 1.54) is 32.4 Å². The molecule has 0 unspecified atom stereocenters. The molecule has 0 amide bonds. The minimum Gasteiger partial charge on any atom is -0.305 e. The average Bonchev–Trinajstić information content (AvgIpc) is 2.66. The van der Waals surface area contributed by atoms with Crippen LogP contribution in [0.3, 0.4) is 0 Å². The maximum atomic E-state index is 2.68. The standard InChI is InChI=1S/C12H26N2/c1-6-12(3,7-2)14-9-8-11(10-14)13(4)5/h11H,6-10H2,1-5H3/t11-/m1/s1. The SMILES string of the molecule is CCC(C)(CC)N1CC[C@@H](N(C)C)C1. The fourth-order valence-electron chi connectivity index (χ4n) is 2.35. The molecule has 1 saturated heterocycles. The van der Waals surface area contributed by atoms with Crippen LogP contribution in [0.15, 0.2) is 0 Å². The van der Waals surface area contributed by atoms with Gasteiger partial charge in [-0.05, 0) is 40.3 Å². The first kappa shape index (κ1) is 12.0. The van der Waals surface area contributed by atoms with Crippen molar-refractivity contribution < 1.29 is 0 Å². The van der Waals surface area contributed by atoms with Crippen LogP contribution in [0.5, 0.6) is 0 Å². The Morgan fingerprint density at radius 2 is 1.86 bits per heavy atom. The molecule has 1 aliphatic heterocycles. The Hall–Kier alpha value is -0.0800. The molecule has 1 fully saturated rings. The van der Waals surface area contributed by atoms with Crippen LogP contribution in [0.4, 0.5) is 0 Å². The maximum absolute atomic E-state index is 2.68. The van der Waals surface area contributed by atoms with Crippen LogP contribution >= 0.6 is 0 Å². The third kappa shape index (κ3) is 2.29. The van der Waals surface area contributed by atoms with Crippen LogP contribution in [0.25, 0.3) is 0 Å². The van der Waals surface area contributed by atoms with Gasteiger partial charge in [0.15, 0.2) is 0 Å². The Kier molecular flexibility index (Phi) is 3.96. The highest BCUT2D eigenvalue weighted by atomic mass is 15.3. The molecule has 0 spiro atoms. The van der Waals surface area contributed by atoms with Gasteiger partial charge in [0, 0.05) is 24.7 Å². The van der Waals surface area contributed by atoms with Crippen LogP contribution in [0.1, 0.15) is 40.0 Å². The van der Waals surface area contributed by atoms with Crippen molar-refractivity contribution in [2.24, 2.45) is 0 Å². The summed E-state index contributed by atoms with van der Waals surface area (Å²) in [5.74, 6) is 0. The second-order valence-corrected chi connectivity index (χ2v) is 5.06. The number of nitrogens with zero attached hydrogens (tertiary/aromatic N) is 2. The van der Waals surface area contributed by atoms with Crippen molar-refractivity contribution in [1.82, 2.24) is 9.80 Å². The monoisotopic (exact) mass is 198 g/mol. The van der Waals surface area contributed by atoms with Gasteiger partial charge in [0.25, 0.3) is 0 Å². The summed E-state index contributed by atoms with van der Waals surface area (Å²) < 4.78 is 0. The van der Waals surface area contributed by atoms with Gasteiger partial charge in [-0.3, -0.25) is 4.90 Å². The van der Waals surface area contributed by atoms with Crippen LogP contribution in [0, 0.1) is 0 Å². The first-order chi connectivity index (χ1) is 6.53. The van der Waals surface area contributed by atoms with Gasteiger partial charge in [-0.25, -0.2) is 0 Å². The molecule has 1 rings (SSSR count). The highest BCUT2D eigenvalue weighted by Crippen LogP contribution is 2.28. The molecule has 0 N–H and O–H groups in total. The summed E-state index contributed by atoms with van der Waals surface area (Å²) in [7, 11) is 4.40. The Morgan fingerprint density at radius 1 is 1.29 bits per heavy atom. The summed E-state index contributed by atoms with van der Waals surface area (Å²) >= 11 is 0. The number of rotatable bonds is 4. The number of likely N-dealkylation sites (tertiary alicyclic amines) is 1. The number of likely N-dealkylation sites (N-methyl/N-ethyl adjacent to an activating group) is 1. The van der Waals surface area contributed by atoms with Gasteiger partial charge in [0.05, 0.1) is 0 Å². The number of hydrogen-bond acceptors (Lipinski definition) is 2. The molecule has 0 aliphatic carbocycles. The predicted octanol–water partition coefficient (Wildman–Crippen LogP) is 2.20. The molecule has 0 aromatic carbocycles. The molecule has 0 aromatic heterocycles. The minimum atomic E-state index is 0.435. The third-order valence-corrected chi connectivity index (χ3v) is 4.18. The van der Waals surface area contributed by atoms with E-state index in [9.17, 15) is 0 Å². The molecule has 0 aromatic rings. The molecule has 1 heterocycles. The van der Waals surface area contributed by atoms with E-state index in [-0.39, 0.29) is 0 Å². The zero-order valence-corrected chi connectivity index (χ0v) is 10.5. The Morgan fingerprint density at radius 3 is 2.21 bits per heavy atom. The highest BCUT2D eigenvalue weighted by Gasteiger charge is 2.34. The predicted molar refractivity (Wildman–Crippen MR) is 62.7 cm³/mol. The van der Waals surface area contributed by atoms with Crippen molar-refractivity contribution >= 4 is 0 Å². The topological polar surface area (TPSA) is 6.48 Å². The largest absolute Gasteiger partial charge is 0.305 e. The van der Waals surface area contributed by atoms with Gasteiger partial charge < -0.3 is 4.90 Å². The van der Waals surface area contributed by atoms with Crippen molar-refractivity contribution in [3.8, 4) is 0 Å². The van der Waals surface area contributed by atoms with E-state index >= 15 is 0 Å². The Balaban J connectivity index is 2.56. The summed E-state index contributed by atoms with van der Waals surface area (Å²) in [6.07, 6.45) is 3.87. The van der Waals surface area contributed by atoms with Gasteiger partial charge >= 0.3 is 0 Å². The summed E-state index contributed by atoms with van der Waals surface area (Å²) in [6.45, 7) is 9.57. The Labute approximate surface area is 89.3 Å². The van der Waals surface area contributed by atoms with Gasteiger partial charge in [-0.2, -0.15) is 0 Å². The van der Waals surface area contributed by atoms with Crippen LogP contribution in [-0.4, -0.2) is 48.6 Å². The molecule has 0 radical (unpaired) electrons.